The molecule has 0 fully saturated rings. The lowest BCUT2D eigenvalue weighted by Gasteiger charge is -2.18. The Bertz CT molecular complexity index is 1280. The molecule has 1 amide bonds. The Morgan fingerprint density at radius 1 is 1.06 bits per heavy atom. The molecule has 0 bridgehead atoms. The summed E-state index contributed by atoms with van der Waals surface area (Å²) in [4.78, 5) is 32.5. The number of esters is 1. The lowest BCUT2D eigenvalue weighted by Crippen LogP contribution is -2.27. The number of pyridine rings is 1. The van der Waals surface area contributed by atoms with Gasteiger partial charge in [0, 0.05) is 17.1 Å². The average Bonchev–Trinajstić information content (AvgIpc) is 3.28. The van der Waals surface area contributed by atoms with Crippen molar-refractivity contribution in [1.29, 1.82) is 0 Å². The van der Waals surface area contributed by atoms with Gasteiger partial charge in [-0.25, -0.2) is 9.78 Å². The van der Waals surface area contributed by atoms with Crippen molar-refractivity contribution in [2.75, 3.05) is 7.11 Å². The van der Waals surface area contributed by atoms with Crippen molar-refractivity contribution in [3.63, 3.8) is 0 Å². The van der Waals surface area contributed by atoms with Crippen LogP contribution in [-0.2, 0) is 4.74 Å². The number of aromatic nitrogens is 2. The lowest BCUT2D eigenvalue weighted by atomic mass is 10.00. The molecule has 0 spiro atoms. The zero-order valence-electron chi connectivity index (χ0n) is 17.6. The Morgan fingerprint density at radius 2 is 1.81 bits per heavy atom. The molecule has 2 aromatic carbocycles. The van der Waals surface area contributed by atoms with Gasteiger partial charge < -0.3 is 15.0 Å². The first-order valence-corrected chi connectivity index (χ1v) is 10.0. The van der Waals surface area contributed by atoms with E-state index in [1.807, 2.05) is 68.4 Å². The molecule has 0 aliphatic rings. The number of nitrogens with one attached hydrogen (secondary N) is 2. The number of benzene rings is 2. The number of aryl methyl sites for hydroxylation is 1. The summed E-state index contributed by atoms with van der Waals surface area (Å²) in [7, 11) is 1.35. The molecule has 1 unspecified atom stereocenters. The van der Waals surface area contributed by atoms with Crippen LogP contribution in [0.25, 0.3) is 22.3 Å². The zero-order valence-corrected chi connectivity index (χ0v) is 17.6. The van der Waals surface area contributed by atoms with Gasteiger partial charge in [-0.15, -0.1) is 0 Å². The Balaban J connectivity index is 1.73. The van der Waals surface area contributed by atoms with Crippen molar-refractivity contribution < 1.29 is 14.3 Å². The number of nitrogens with zero attached hydrogens (tertiary/aromatic N) is 1. The fraction of sp³-hybridized carbons (Fsp3) is 0.160. The summed E-state index contributed by atoms with van der Waals surface area (Å²) in [5, 5.41) is 4.07. The van der Waals surface area contributed by atoms with Gasteiger partial charge in [-0.05, 0) is 49.2 Å². The summed E-state index contributed by atoms with van der Waals surface area (Å²) in [5.74, 6) is -0.539. The van der Waals surface area contributed by atoms with Crippen molar-refractivity contribution in [1.82, 2.24) is 15.3 Å². The standard InChI is InChI=1S/C25H23N3O3/c1-15-8-4-5-9-18(15)24(29)27-16(2)20-13-23(28-21-11-7-6-10-19(20)21)22-12-17(14-26-22)25(30)31-3/h4-14,16,26H,1-3H3,(H,27,29). The Hall–Kier alpha value is -3.93. The number of para-hydroxylation sites is 1. The number of aromatic amines is 1. The van der Waals surface area contributed by atoms with E-state index in [-0.39, 0.29) is 11.9 Å². The molecule has 0 saturated carbocycles. The summed E-state index contributed by atoms with van der Waals surface area (Å²) in [6.07, 6.45) is 1.60. The van der Waals surface area contributed by atoms with Gasteiger partial charge in [0.2, 0.25) is 0 Å². The van der Waals surface area contributed by atoms with E-state index in [9.17, 15) is 9.59 Å². The van der Waals surface area contributed by atoms with Crippen molar-refractivity contribution in [3.05, 3.63) is 89.1 Å². The molecule has 0 aliphatic heterocycles. The molecule has 0 aliphatic carbocycles. The molecule has 6 nitrogen and oxygen atoms in total. The summed E-state index contributed by atoms with van der Waals surface area (Å²) in [6.45, 7) is 3.87. The van der Waals surface area contributed by atoms with E-state index in [0.29, 0.717) is 22.5 Å². The quantitative estimate of drug-likeness (QED) is 0.460. The molecular weight excluding hydrogens is 390 g/mol. The SMILES string of the molecule is COC(=O)c1c[nH]c(-c2cc(C(C)NC(=O)c3ccccc3C)c3ccccc3n2)c1. The van der Waals surface area contributed by atoms with Crippen LogP contribution in [-0.4, -0.2) is 29.0 Å². The van der Waals surface area contributed by atoms with E-state index in [0.717, 1.165) is 22.0 Å². The maximum Gasteiger partial charge on any atom is 0.339 e. The first-order valence-electron chi connectivity index (χ1n) is 10.0. The minimum Gasteiger partial charge on any atom is -0.465 e. The Kier molecular flexibility index (Phi) is 5.54. The van der Waals surface area contributed by atoms with E-state index >= 15 is 0 Å². The summed E-state index contributed by atoms with van der Waals surface area (Å²) >= 11 is 0. The number of rotatable bonds is 5. The van der Waals surface area contributed by atoms with Gasteiger partial charge in [0.15, 0.2) is 0 Å². The second kappa shape index (κ2) is 8.44. The number of hydrogen-bond acceptors (Lipinski definition) is 4. The van der Waals surface area contributed by atoms with E-state index < -0.39 is 5.97 Å². The maximum atomic E-state index is 12.9. The van der Waals surface area contributed by atoms with Gasteiger partial charge in [-0.1, -0.05) is 36.4 Å². The molecule has 4 aromatic rings. The maximum absolute atomic E-state index is 12.9. The fourth-order valence-corrected chi connectivity index (χ4v) is 3.66. The van der Waals surface area contributed by atoms with Crippen LogP contribution in [0.15, 0.2) is 66.9 Å². The van der Waals surface area contributed by atoms with Crippen LogP contribution in [0.1, 0.15) is 44.8 Å². The largest absolute Gasteiger partial charge is 0.465 e. The average molecular weight is 413 g/mol. The van der Waals surface area contributed by atoms with Crippen LogP contribution in [0.5, 0.6) is 0 Å². The molecule has 0 radical (unpaired) electrons. The van der Waals surface area contributed by atoms with Gasteiger partial charge in [0.1, 0.15) is 0 Å². The second-order valence-corrected chi connectivity index (χ2v) is 7.42. The van der Waals surface area contributed by atoms with Gasteiger partial charge >= 0.3 is 5.97 Å². The van der Waals surface area contributed by atoms with Gasteiger partial charge in [0.25, 0.3) is 5.91 Å². The van der Waals surface area contributed by atoms with Crippen LogP contribution in [0.4, 0.5) is 0 Å². The third-order valence-electron chi connectivity index (χ3n) is 5.33. The van der Waals surface area contributed by atoms with Crippen molar-refractivity contribution in [2.45, 2.75) is 19.9 Å². The van der Waals surface area contributed by atoms with Gasteiger partial charge in [-0.3, -0.25) is 4.79 Å². The number of ether oxygens (including phenoxy) is 1. The highest BCUT2D eigenvalue weighted by molar-refractivity contribution is 5.96. The number of methoxy groups -OCH3 is 1. The number of hydrogen-bond donors (Lipinski definition) is 2. The van der Waals surface area contributed by atoms with Crippen LogP contribution in [0.2, 0.25) is 0 Å². The molecule has 0 saturated heterocycles. The third kappa shape index (κ3) is 4.05. The lowest BCUT2D eigenvalue weighted by molar-refractivity contribution is 0.0601. The minimum atomic E-state index is -0.414. The highest BCUT2D eigenvalue weighted by Crippen LogP contribution is 2.29. The van der Waals surface area contributed by atoms with Crippen molar-refractivity contribution in [3.8, 4) is 11.4 Å². The highest BCUT2D eigenvalue weighted by Gasteiger charge is 2.18. The van der Waals surface area contributed by atoms with Crippen LogP contribution in [0, 0.1) is 6.92 Å². The Labute approximate surface area is 180 Å². The number of H-pyrrole nitrogens is 1. The first-order chi connectivity index (χ1) is 15.0. The summed E-state index contributed by atoms with van der Waals surface area (Å²) in [6, 6.07) is 18.7. The predicted octanol–water partition coefficient (Wildman–Crippen LogP) is 4.82. The molecule has 1 atom stereocenters. The minimum absolute atomic E-state index is 0.124. The van der Waals surface area contributed by atoms with E-state index in [2.05, 4.69) is 10.3 Å². The van der Waals surface area contributed by atoms with Crippen LogP contribution in [0.3, 0.4) is 0 Å². The van der Waals surface area contributed by atoms with Crippen LogP contribution < -0.4 is 5.32 Å². The molecule has 6 heteroatoms. The molecule has 156 valence electrons. The normalized spacial score (nSPS) is 11.8. The highest BCUT2D eigenvalue weighted by atomic mass is 16.5. The number of carbonyl (C=O) groups is 2. The molecule has 4 rings (SSSR count). The third-order valence-corrected chi connectivity index (χ3v) is 5.33. The van der Waals surface area contributed by atoms with Crippen molar-refractivity contribution in [2.24, 2.45) is 0 Å². The molecule has 2 N–H and O–H groups in total. The predicted molar refractivity (Wildman–Crippen MR) is 120 cm³/mol. The van der Waals surface area contributed by atoms with Crippen molar-refractivity contribution >= 4 is 22.8 Å². The number of carbonyl (C=O) groups excluding carboxylic acids is 2. The molecule has 31 heavy (non-hydrogen) atoms. The number of fused-ring (bicyclic) bond motifs is 1. The molecule has 2 aromatic heterocycles. The summed E-state index contributed by atoms with van der Waals surface area (Å²) < 4.78 is 4.79. The van der Waals surface area contributed by atoms with E-state index in [4.69, 9.17) is 9.72 Å². The first kappa shape index (κ1) is 20.3. The zero-order chi connectivity index (χ0) is 22.0. The van der Waals surface area contributed by atoms with Gasteiger partial charge in [-0.2, -0.15) is 0 Å². The smallest absolute Gasteiger partial charge is 0.339 e. The molecular formula is C25H23N3O3. The van der Waals surface area contributed by atoms with Crippen LogP contribution >= 0.6 is 0 Å². The second-order valence-electron chi connectivity index (χ2n) is 7.42. The van der Waals surface area contributed by atoms with E-state index in [1.165, 1.54) is 7.11 Å². The summed E-state index contributed by atoms with van der Waals surface area (Å²) in [5.41, 5.74) is 5.13. The van der Waals surface area contributed by atoms with E-state index in [1.54, 1.807) is 12.3 Å². The van der Waals surface area contributed by atoms with Gasteiger partial charge in [0.05, 0.1) is 35.6 Å². The number of amides is 1. The monoisotopic (exact) mass is 413 g/mol. The molecule has 2 heterocycles. The topological polar surface area (TPSA) is 84.1 Å². The fourth-order valence-electron chi connectivity index (χ4n) is 3.66. The Morgan fingerprint density at radius 3 is 2.58 bits per heavy atom.